The van der Waals surface area contributed by atoms with Crippen molar-refractivity contribution < 1.29 is 9.90 Å². The molecule has 0 amide bonds. The van der Waals surface area contributed by atoms with E-state index >= 15 is 0 Å². The van der Waals surface area contributed by atoms with Gasteiger partial charge < -0.3 is 10.4 Å². The Balaban J connectivity index is 1.73. The van der Waals surface area contributed by atoms with Crippen LogP contribution in [0, 0.1) is 6.92 Å². The quantitative estimate of drug-likeness (QED) is 0.795. The van der Waals surface area contributed by atoms with Crippen LogP contribution in [0.4, 0.5) is 0 Å². The van der Waals surface area contributed by atoms with Gasteiger partial charge in [0.05, 0.1) is 12.2 Å². The minimum Gasteiger partial charge on any atom is -0.476 e. The number of nitrogens with one attached hydrogen (secondary N) is 1. The normalized spacial score (nSPS) is 16.6. The molecule has 24 heavy (non-hydrogen) atoms. The van der Waals surface area contributed by atoms with Crippen molar-refractivity contribution in [3.05, 3.63) is 59.2 Å². The smallest absolute Gasteiger partial charge is 0.356 e. The highest BCUT2D eigenvalue weighted by molar-refractivity contribution is 5.87. The molecule has 126 valence electrons. The van der Waals surface area contributed by atoms with E-state index in [-0.39, 0.29) is 11.7 Å². The van der Waals surface area contributed by atoms with Crippen LogP contribution in [0.1, 0.15) is 39.4 Å². The molecule has 0 aromatic carbocycles. The fourth-order valence-electron chi connectivity index (χ4n) is 3.25. The maximum atomic E-state index is 11.5. The first-order valence-electron chi connectivity index (χ1n) is 8.16. The van der Waals surface area contributed by atoms with Gasteiger partial charge in [0.25, 0.3) is 0 Å². The number of hydrogen-bond acceptors (Lipinski definition) is 4. The molecular weight excluding hydrogens is 304 g/mol. The Hall–Kier alpha value is -2.47. The molecule has 2 aromatic rings. The van der Waals surface area contributed by atoms with Gasteiger partial charge in [-0.2, -0.15) is 5.10 Å². The number of carboxylic acids is 1. The molecule has 6 heteroatoms. The topological polar surface area (TPSA) is 80.0 Å². The molecular formula is C18H22N4O2. The lowest BCUT2D eigenvalue weighted by Crippen LogP contribution is -2.35. The second kappa shape index (κ2) is 6.97. The van der Waals surface area contributed by atoms with Crippen molar-refractivity contribution in [3.63, 3.8) is 0 Å². The monoisotopic (exact) mass is 326 g/mol. The maximum Gasteiger partial charge on any atom is 0.356 e. The number of nitrogens with zero attached hydrogens (tertiary/aromatic N) is 3. The summed E-state index contributed by atoms with van der Waals surface area (Å²) in [5.74, 6) is -0.963. The fourth-order valence-corrected chi connectivity index (χ4v) is 3.25. The predicted octanol–water partition coefficient (Wildman–Crippen LogP) is 2.12. The Kier molecular flexibility index (Phi) is 4.76. The minimum atomic E-state index is -0.963. The zero-order chi connectivity index (χ0) is 17.1. The van der Waals surface area contributed by atoms with E-state index in [0.717, 1.165) is 29.8 Å². The first-order chi connectivity index (χ1) is 11.6. The number of rotatable bonds is 6. The van der Waals surface area contributed by atoms with E-state index in [1.54, 1.807) is 10.8 Å². The van der Waals surface area contributed by atoms with Gasteiger partial charge in [0.2, 0.25) is 0 Å². The molecule has 1 aliphatic carbocycles. The number of carbonyl (C=O) groups is 1. The summed E-state index contributed by atoms with van der Waals surface area (Å²) in [5.41, 5.74) is 4.24. The van der Waals surface area contributed by atoms with Crippen molar-refractivity contribution in [1.82, 2.24) is 20.1 Å². The molecule has 0 spiro atoms. The van der Waals surface area contributed by atoms with Crippen LogP contribution in [0.2, 0.25) is 0 Å². The number of fused-ring (bicyclic) bond motifs is 1. The Labute approximate surface area is 141 Å². The number of aromatic carboxylic acids is 1. The van der Waals surface area contributed by atoms with Crippen LogP contribution in [-0.4, -0.2) is 31.9 Å². The molecule has 2 N–H and O–H groups in total. The summed E-state index contributed by atoms with van der Waals surface area (Å²) in [6.45, 7) is 6.99. The molecule has 1 unspecified atom stereocenters. The van der Waals surface area contributed by atoms with Crippen molar-refractivity contribution in [2.24, 2.45) is 0 Å². The van der Waals surface area contributed by atoms with Crippen molar-refractivity contribution in [2.75, 3.05) is 0 Å². The van der Waals surface area contributed by atoms with Gasteiger partial charge in [-0.1, -0.05) is 6.08 Å². The summed E-state index contributed by atoms with van der Waals surface area (Å²) >= 11 is 0. The van der Waals surface area contributed by atoms with Crippen molar-refractivity contribution in [3.8, 4) is 0 Å². The fraction of sp³-hybridized carbons (Fsp3) is 0.389. The van der Waals surface area contributed by atoms with Crippen molar-refractivity contribution >= 4 is 5.97 Å². The Morgan fingerprint density at radius 3 is 3.12 bits per heavy atom. The number of aromatic nitrogens is 3. The van der Waals surface area contributed by atoms with Gasteiger partial charge in [-0.15, -0.1) is 6.58 Å². The molecule has 0 saturated heterocycles. The summed E-state index contributed by atoms with van der Waals surface area (Å²) in [6.07, 6.45) is 6.02. The third-order valence-electron chi connectivity index (χ3n) is 4.40. The van der Waals surface area contributed by atoms with Gasteiger partial charge in [0.1, 0.15) is 0 Å². The van der Waals surface area contributed by atoms with Gasteiger partial charge in [0.15, 0.2) is 5.69 Å². The van der Waals surface area contributed by atoms with Crippen LogP contribution in [0.5, 0.6) is 0 Å². The molecule has 3 rings (SSSR count). The standard InChI is InChI=1S/C18H22N4O2/c1-3-8-22-16-5-4-13(10-15(16)17(21-22)18(23)24)20-11-14-9-12(2)6-7-19-14/h3,6-7,9,13,20H,1,4-5,8,10-11H2,2H3,(H,23,24). The number of hydrogen-bond donors (Lipinski definition) is 2. The first kappa shape index (κ1) is 16.4. The molecule has 2 aromatic heterocycles. The van der Waals surface area contributed by atoms with Crippen molar-refractivity contribution in [1.29, 1.82) is 0 Å². The Morgan fingerprint density at radius 1 is 1.58 bits per heavy atom. The van der Waals surface area contributed by atoms with Crippen molar-refractivity contribution in [2.45, 2.75) is 45.3 Å². The second-order valence-corrected chi connectivity index (χ2v) is 6.19. The van der Waals surface area contributed by atoms with Gasteiger partial charge in [-0.25, -0.2) is 4.79 Å². The van der Waals surface area contributed by atoms with E-state index in [2.05, 4.69) is 28.0 Å². The largest absolute Gasteiger partial charge is 0.476 e. The van der Waals surface area contributed by atoms with Gasteiger partial charge in [-0.3, -0.25) is 9.67 Å². The maximum absolute atomic E-state index is 11.5. The van der Waals surface area contributed by atoms with Crippen LogP contribution in [-0.2, 0) is 25.9 Å². The molecule has 0 aliphatic heterocycles. The lowest BCUT2D eigenvalue weighted by molar-refractivity contribution is 0.0688. The highest BCUT2D eigenvalue weighted by Gasteiger charge is 2.28. The molecule has 6 nitrogen and oxygen atoms in total. The minimum absolute atomic E-state index is 0.173. The first-order valence-corrected chi connectivity index (χ1v) is 8.16. The molecule has 2 heterocycles. The van der Waals surface area contributed by atoms with Crippen LogP contribution in [0.3, 0.4) is 0 Å². The van der Waals surface area contributed by atoms with E-state index in [1.807, 2.05) is 19.2 Å². The third kappa shape index (κ3) is 3.38. The second-order valence-electron chi connectivity index (χ2n) is 6.19. The molecule has 1 atom stereocenters. The van der Waals surface area contributed by atoms with Crippen LogP contribution in [0.25, 0.3) is 0 Å². The average molecular weight is 326 g/mol. The molecule has 0 radical (unpaired) electrons. The summed E-state index contributed by atoms with van der Waals surface area (Å²) in [4.78, 5) is 15.8. The Bertz CT molecular complexity index is 766. The summed E-state index contributed by atoms with van der Waals surface area (Å²) in [5, 5.41) is 17.2. The summed E-state index contributed by atoms with van der Waals surface area (Å²) < 4.78 is 1.77. The van der Waals surface area contributed by atoms with Gasteiger partial charge in [-0.05, 0) is 43.9 Å². The summed E-state index contributed by atoms with van der Waals surface area (Å²) in [6, 6.07) is 4.27. The number of carboxylic acid groups (broad SMARTS) is 1. The van der Waals surface area contributed by atoms with Crippen LogP contribution in [0.15, 0.2) is 31.0 Å². The molecule has 0 fully saturated rings. The average Bonchev–Trinajstić information content (AvgIpc) is 2.92. The molecule has 0 bridgehead atoms. The van der Waals surface area contributed by atoms with E-state index in [0.29, 0.717) is 19.5 Å². The number of aryl methyl sites for hydroxylation is 1. The SMILES string of the molecule is C=CCn1nc(C(=O)O)c2c1CCC(NCc1cc(C)ccn1)C2. The number of allylic oxidation sites excluding steroid dienone is 1. The van der Waals surface area contributed by atoms with Gasteiger partial charge >= 0.3 is 5.97 Å². The van der Waals surface area contributed by atoms with E-state index < -0.39 is 5.97 Å². The Morgan fingerprint density at radius 2 is 2.42 bits per heavy atom. The summed E-state index contributed by atoms with van der Waals surface area (Å²) in [7, 11) is 0. The van der Waals surface area contributed by atoms with Gasteiger partial charge in [0, 0.05) is 30.0 Å². The highest BCUT2D eigenvalue weighted by atomic mass is 16.4. The van der Waals surface area contributed by atoms with E-state index in [4.69, 9.17) is 0 Å². The molecule has 0 saturated carbocycles. The third-order valence-corrected chi connectivity index (χ3v) is 4.40. The van der Waals surface area contributed by atoms with E-state index in [9.17, 15) is 9.90 Å². The number of pyridine rings is 1. The molecule has 1 aliphatic rings. The van der Waals surface area contributed by atoms with Crippen LogP contribution >= 0.6 is 0 Å². The highest BCUT2D eigenvalue weighted by Crippen LogP contribution is 2.25. The van der Waals surface area contributed by atoms with Crippen LogP contribution < -0.4 is 5.32 Å². The predicted molar refractivity (Wildman–Crippen MR) is 91.0 cm³/mol. The lowest BCUT2D eigenvalue weighted by atomic mass is 9.91. The zero-order valence-corrected chi connectivity index (χ0v) is 13.8. The zero-order valence-electron chi connectivity index (χ0n) is 13.8. The lowest BCUT2D eigenvalue weighted by Gasteiger charge is -2.24. The van der Waals surface area contributed by atoms with E-state index in [1.165, 1.54) is 5.56 Å².